The van der Waals surface area contributed by atoms with Gasteiger partial charge in [-0.1, -0.05) is 12.5 Å². The number of methoxy groups -OCH3 is 1. The number of Topliss-reactive ketones (excluding diaryl/α,β-unsaturated/α-hetero) is 1. The topological polar surface area (TPSA) is 97.3 Å². The van der Waals surface area contributed by atoms with Gasteiger partial charge in [-0.2, -0.15) is 0 Å². The highest BCUT2D eigenvalue weighted by Gasteiger charge is 2.41. The molecule has 5 rings (SSSR count). The molecule has 3 aliphatic rings. The number of aliphatic hydroxyl groups excluding tert-OH is 1. The fourth-order valence-corrected chi connectivity index (χ4v) is 6.19. The lowest BCUT2D eigenvalue weighted by atomic mass is 10.00. The van der Waals surface area contributed by atoms with Crippen LogP contribution < -0.4 is 19.5 Å². The molecule has 2 atom stereocenters. The average Bonchev–Trinajstić information content (AvgIpc) is 3.54. The Bertz CT molecular complexity index is 1120. The Hall–Kier alpha value is -3.10. The maximum Gasteiger partial charge on any atom is 0.220 e. The summed E-state index contributed by atoms with van der Waals surface area (Å²) in [5.41, 5.74) is 1.40. The number of aliphatic hydroxyl groups is 1. The van der Waals surface area contributed by atoms with Crippen LogP contribution in [0.1, 0.15) is 79.8 Å². The summed E-state index contributed by atoms with van der Waals surface area (Å²) in [6.45, 7) is 1.63. The van der Waals surface area contributed by atoms with Crippen LogP contribution in [-0.2, 0) is 4.79 Å². The molecule has 210 valence electrons. The Morgan fingerprint density at radius 1 is 0.949 bits per heavy atom. The van der Waals surface area contributed by atoms with E-state index in [9.17, 15) is 14.7 Å². The average molecular weight is 537 g/mol. The SMILES string of the molecule is COc1ccc(C(=O)CCCCCC(=O)N[C@H](CN2C3CCC2CC3)[C@H](O)c2ccc3c(c2)OCCO3)cc1. The summed E-state index contributed by atoms with van der Waals surface area (Å²) in [5.74, 6) is 2.08. The Morgan fingerprint density at radius 2 is 1.62 bits per heavy atom. The molecule has 0 aliphatic carbocycles. The highest BCUT2D eigenvalue weighted by molar-refractivity contribution is 5.96. The van der Waals surface area contributed by atoms with Crippen molar-refractivity contribution in [1.82, 2.24) is 10.2 Å². The molecule has 0 radical (unpaired) electrons. The van der Waals surface area contributed by atoms with Crippen LogP contribution in [0, 0.1) is 0 Å². The molecule has 0 saturated carbocycles. The van der Waals surface area contributed by atoms with Gasteiger partial charge < -0.3 is 24.6 Å². The van der Waals surface area contributed by atoms with Crippen LogP contribution in [0.25, 0.3) is 0 Å². The standard InChI is InChI=1S/C31H40N2O6/c1-37-25-14-7-21(8-15-25)27(34)5-3-2-4-6-30(35)32-26(20-33-23-10-11-24(33)13-12-23)31(36)22-9-16-28-29(19-22)39-18-17-38-28/h7-9,14-16,19,23-24,26,31,36H,2-6,10-13,17-18,20H2,1H3,(H,32,35)/t23?,24?,26-,31-/m1/s1. The summed E-state index contributed by atoms with van der Waals surface area (Å²) in [6.07, 6.45) is 6.98. The second-order valence-corrected chi connectivity index (χ2v) is 10.9. The third-order valence-corrected chi connectivity index (χ3v) is 8.37. The van der Waals surface area contributed by atoms with Crippen LogP contribution in [0.5, 0.6) is 17.2 Å². The normalized spacial score (nSPS) is 21.4. The predicted octanol–water partition coefficient (Wildman–Crippen LogP) is 4.44. The number of unbranched alkanes of at least 4 members (excludes halogenated alkanes) is 2. The van der Waals surface area contributed by atoms with Crippen molar-refractivity contribution in [2.75, 3.05) is 26.9 Å². The lowest BCUT2D eigenvalue weighted by Crippen LogP contribution is -2.48. The minimum absolute atomic E-state index is 0.0652. The van der Waals surface area contributed by atoms with E-state index in [1.165, 1.54) is 25.7 Å². The van der Waals surface area contributed by atoms with E-state index < -0.39 is 12.1 Å². The molecule has 2 bridgehead atoms. The lowest BCUT2D eigenvalue weighted by molar-refractivity contribution is -0.123. The number of rotatable bonds is 13. The monoisotopic (exact) mass is 536 g/mol. The number of hydrogen-bond donors (Lipinski definition) is 2. The van der Waals surface area contributed by atoms with E-state index in [-0.39, 0.29) is 11.7 Å². The zero-order chi connectivity index (χ0) is 27.2. The molecule has 1 amide bonds. The van der Waals surface area contributed by atoms with Crippen LogP contribution >= 0.6 is 0 Å². The molecule has 8 heteroatoms. The van der Waals surface area contributed by atoms with E-state index in [0.29, 0.717) is 73.7 Å². The highest BCUT2D eigenvalue weighted by atomic mass is 16.6. The Labute approximate surface area is 230 Å². The van der Waals surface area contributed by atoms with Gasteiger partial charge >= 0.3 is 0 Å². The summed E-state index contributed by atoms with van der Waals surface area (Å²) in [7, 11) is 1.60. The Balaban J connectivity index is 1.13. The van der Waals surface area contributed by atoms with Crippen LogP contribution in [0.2, 0.25) is 0 Å². The highest BCUT2D eigenvalue weighted by Crippen LogP contribution is 2.39. The first-order valence-electron chi connectivity index (χ1n) is 14.3. The molecule has 0 spiro atoms. The van der Waals surface area contributed by atoms with Crippen molar-refractivity contribution in [3.63, 3.8) is 0 Å². The van der Waals surface area contributed by atoms with Gasteiger partial charge in [0.25, 0.3) is 0 Å². The maximum absolute atomic E-state index is 13.0. The van der Waals surface area contributed by atoms with E-state index in [1.807, 2.05) is 18.2 Å². The number of hydrogen-bond acceptors (Lipinski definition) is 7. The molecule has 2 aromatic rings. The maximum atomic E-state index is 13.0. The number of amides is 1. The number of nitrogens with zero attached hydrogens (tertiary/aromatic N) is 1. The fourth-order valence-electron chi connectivity index (χ4n) is 6.19. The van der Waals surface area contributed by atoms with E-state index in [2.05, 4.69) is 10.2 Å². The van der Waals surface area contributed by atoms with Crippen LogP contribution in [0.15, 0.2) is 42.5 Å². The van der Waals surface area contributed by atoms with Gasteiger partial charge in [-0.3, -0.25) is 14.5 Å². The largest absolute Gasteiger partial charge is 0.497 e. The molecule has 2 saturated heterocycles. The molecule has 2 aromatic carbocycles. The molecule has 8 nitrogen and oxygen atoms in total. The van der Waals surface area contributed by atoms with Gasteiger partial charge in [-0.15, -0.1) is 0 Å². The van der Waals surface area contributed by atoms with Gasteiger partial charge in [0.2, 0.25) is 5.91 Å². The zero-order valence-electron chi connectivity index (χ0n) is 22.8. The van der Waals surface area contributed by atoms with Gasteiger partial charge in [0.05, 0.1) is 13.2 Å². The van der Waals surface area contributed by atoms with Gasteiger partial charge in [0, 0.05) is 37.0 Å². The number of carbonyl (C=O) groups is 2. The van der Waals surface area contributed by atoms with Crippen LogP contribution in [0.4, 0.5) is 0 Å². The van der Waals surface area contributed by atoms with Gasteiger partial charge in [0.1, 0.15) is 25.1 Å². The van der Waals surface area contributed by atoms with Crippen molar-refractivity contribution < 1.29 is 28.9 Å². The second kappa shape index (κ2) is 12.8. The van der Waals surface area contributed by atoms with Gasteiger partial charge in [-0.25, -0.2) is 0 Å². The van der Waals surface area contributed by atoms with Gasteiger partial charge in [0.15, 0.2) is 17.3 Å². The Morgan fingerprint density at radius 3 is 2.31 bits per heavy atom. The molecule has 0 unspecified atom stereocenters. The minimum atomic E-state index is -0.855. The number of ketones is 1. The van der Waals surface area contributed by atoms with E-state index in [4.69, 9.17) is 14.2 Å². The summed E-state index contributed by atoms with van der Waals surface area (Å²) >= 11 is 0. The van der Waals surface area contributed by atoms with Gasteiger partial charge in [-0.05, 0) is 80.5 Å². The first-order valence-corrected chi connectivity index (χ1v) is 14.3. The summed E-state index contributed by atoms with van der Waals surface area (Å²) in [5, 5.41) is 14.6. The first-order chi connectivity index (χ1) is 19.0. The third-order valence-electron chi connectivity index (χ3n) is 8.37. The van der Waals surface area contributed by atoms with E-state index in [1.54, 1.807) is 31.4 Å². The zero-order valence-corrected chi connectivity index (χ0v) is 22.8. The second-order valence-electron chi connectivity index (χ2n) is 10.9. The van der Waals surface area contributed by atoms with Crippen molar-refractivity contribution in [3.05, 3.63) is 53.6 Å². The van der Waals surface area contributed by atoms with Crippen molar-refractivity contribution >= 4 is 11.7 Å². The number of nitrogens with one attached hydrogen (secondary N) is 1. The number of fused-ring (bicyclic) bond motifs is 3. The molecular weight excluding hydrogens is 496 g/mol. The molecule has 3 aliphatic heterocycles. The molecule has 2 N–H and O–H groups in total. The number of benzene rings is 2. The Kier molecular flexibility index (Phi) is 9.04. The fraction of sp³-hybridized carbons (Fsp3) is 0.548. The summed E-state index contributed by atoms with van der Waals surface area (Å²) in [6, 6.07) is 13.4. The quantitative estimate of drug-likeness (QED) is 0.288. The predicted molar refractivity (Wildman–Crippen MR) is 147 cm³/mol. The number of ether oxygens (including phenoxy) is 3. The third kappa shape index (κ3) is 6.73. The lowest BCUT2D eigenvalue weighted by Gasteiger charge is -2.32. The molecule has 2 fully saturated rings. The molecular formula is C31H40N2O6. The molecule has 0 aromatic heterocycles. The smallest absolute Gasteiger partial charge is 0.220 e. The summed E-state index contributed by atoms with van der Waals surface area (Å²) < 4.78 is 16.5. The minimum Gasteiger partial charge on any atom is -0.497 e. The van der Waals surface area contributed by atoms with E-state index >= 15 is 0 Å². The van der Waals surface area contributed by atoms with Crippen molar-refractivity contribution in [2.24, 2.45) is 0 Å². The molecule has 3 heterocycles. The van der Waals surface area contributed by atoms with E-state index in [0.717, 1.165) is 18.6 Å². The van der Waals surface area contributed by atoms with Crippen LogP contribution in [0.3, 0.4) is 0 Å². The van der Waals surface area contributed by atoms with Crippen molar-refractivity contribution in [1.29, 1.82) is 0 Å². The van der Waals surface area contributed by atoms with Crippen LogP contribution in [-0.4, -0.2) is 66.7 Å². The van der Waals surface area contributed by atoms with Crippen molar-refractivity contribution in [3.8, 4) is 17.2 Å². The number of carbonyl (C=O) groups excluding carboxylic acids is 2. The molecule has 39 heavy (non-hydrogen) atoms. The van der Waals surface area contributed by atoms with Crippen molar-refractivity contribution in [2.45, 2.75) is 82.0 Å². The summed E-state index contributed by atoms with van der Waals surface area (Å²) in [4.78, 5) is 27.9. The first kappa shape index (κ1) is 27.5.